The van der Waals surface area contributed by atoms with Crippen LogP contribution in [0.4, 0.5) is 4.79 Å². The molecule has 0 bridgehead atoms. The number of amides is 1. The minimum absolute atomic E-state index is 0.161. The van der Waals surface area contributed by atoms with E-state index < -0.39 is 11.7 Å². The van der Waals surface area contributed by atoms with Gasteiger partial charge in [0.2, 0.25) is 0 Å². The SMILES string of the molecule is NC[C@@]1(c2ccc(Cl)c(Cl)c2)CN(C(=O)O)CCCO1. The van der Waals surface area contributed by atoms with Crippen molar-refractivity contribution in [1.82, 2.24) is 4.90 Å². The van der Waals surface area contributed by atoms with Crippen LogP contribution in [0.3, 0.4) is 0 Å². The zero-order valence-electron chi connectivity index (χ0n) is 10.8. The molecule has 20 heavy (non-hydrogen) atoms. The average Bonchev–Trinajstić information content (AvgIpc) is 2.65. The van der Waals surface area contributed by atoms with E-state index in [9.17, 15) is 9.90 Å². The van der Waals surface area contributed by atoms with Gasteiger partial charge in [0, 0.05) is 19.7 Å². The molecular formula is C13H16Cl2N2O3. The predicted molar refractivity (Wildman–Crippen MR) is 77.4 cm³/mol. The molecule has 2 rings (SSSR count). The second-order valence-corrected chi connectivity index (χ2v) is 5.55. The van der Waals surface area contributed by atoms with Crippen LogP contribution in [0.1, 0.15) is 12.0 Å². The summed E-state index contributed by atoms with van der Waals surface area (Å²) in [7, 11) is 0. The first-order valence-corrected chi connectivity index (χ1v) is 7.01. The third kappa shape index (κ3) is 3.01. The summed E-state index contributed by atoms with van der Waals surface area (Å²) < 4.78 is 5.87. The molecular weight excluding hydrogens is 303 g/mol. The molecule has 0 radical (unpaired) electrons. The van der Waals surface area contributed by atoms with Gasteiger partial charge in [-0.25, -0.2) is 4.79 Å². The molecule has 1 aliphatic rings. The van der Waals surface area contributed by atoms with Crippen molar-refractivity contribution in [1.29, 1.82) is 0 Å². The number of halogens is 2. The molecule has 7 heteroatoms. The quantitative estimate of drug-likeness (QED) is 0.878. The summed E-state index contributed by atoms with van der Waals surface area (Å²) in [5.74, 6) is 0. The minimum atomic E-state index is -0.978. The van der Waals surface area contributed by atoms with E-state index in [4.69, 9.17) is 33.7 Å². The number of carboxylic acid groups (broad SMARTS) is 1. The van der Waals surface area contributed by atoms with Crippen LogP contribution in [0.2, 0.25) is 10.0 Å². The molecule has 1 aliphatic heterocycles. The summed E-state index contributed by atoms with van der Waals surface area (Å²) >= 11 is 11.9. The summed E-state index contributed by atoms with van der Waals surface area (Å²) in [4.78, 5) is 12.6. The largest absolute Gasteiger partial charge is 0.465 e. The number of hydrogen-bond donors (Lipinski definition) is 2. The first-order valence-electron chi connectivity index (χ1n) is 6.26. The van der Waals surface area contributed by atoms with Crippen LogP contribution in [0.25, 0.3) is 0 Å². The van der Waals surface area contributed by atoms with Crippen molar-refractivity contribution >= 4 is 29.3 Å². The molecule has 0 aliphatic carbocycles. The van der Waals surface area contributed by atoms with Gasteiger partial charge < -0.3 is 20.5 Å². The van der Waals surface area contributed by atoms with Crippen LogP contribution in [0.15, 0.2) is 18.2 Å². The fraction of sp³-hybridized carbons (Fsp3) is 0.462. The molecule has 1 atom stereocenters. The Bertz CT molecular complexity index is 512. The predicted octanol–water partition coefficient (Wildman–Crippen LogP) is 2.55. The third-order valence-electron chi connectivity index (χ3n) is 3.44. The van der Waals surface area contributed by atoms with Gasteiger partial charge in [-0.1, -0.05) is 29.3 Å². The summed E-state index contributed by atoms with van der Waals surface area (Å²) in [5.41, 5.74) is 5.72. The van der Waals surface area contributed by atoms with Gasteiger partial charge in [0.1, 0.15) is 5.60 Å². The Morgan fingerprint density at radius 2 is 2.20 bits per heavy atom. The fourth-order valence-electron chi connectivity index (χ4n) is 2.31. The molecule has 3 N–H and O–H groups in total. The van der Waals surface area contributed by atoms with E-state index >= 15 is 0 Å². The molecule has 0 unspecified atom stereocenters. The lowest BCUT2D eigenvalue weighted by atomic mass is 9.93. The molecule has 0 aromatic heterocycles. The van der Waals surface area contributed by atoms with Crippen molar-refractivity contribution in [2.75, 3.05) is 26.2 Å². The second kappa shape index (κ2) is 6.18. The van der Waals surface area contributed by atoms with E-state index in [1.54, 1.807) is 18.2 Å². The third-order valence-corrected chi connectivity index (χ3v) is 4.18. The van der Waals surface area contributed by atoms with Crippen molar-refractivity contribution < 1.29 is 14.6 Å². The number of nitrogens with zero attached hydrogens (tertiary/aromatic N) is 1. The van der Waals surface area contributed by atoms with Gasteiger partial charge >= 0.3 is 6.09 Å². The maximum atomic E-state index is 11.2. The zero-order chi connectivity index (χ0) is 14.8. The van der Waals surface area contributed by atoms with E-state index in [0.717, 1.165) is 5.56 Å². The smallest absolute Gasteiger partial charge is 0.407 e. The molecule has 0 saturated carbocycles. The van der Waals surface area contributed by atoms with Gasteiger partial charge in [0.05, 0.1) is 16.6 Å². The van der Waals surface area contributed by atoms with Gasteiger partial charge in [-0.3, -0.25) is 0 Å². The summed E-state index contributed by atoms with van der Waals surface area (Å²) in [6.45, 7) is 1.21. The number of ether oxygens (including phenoxy) is 1. The van der Waals surface area contributed by atoms with Gasteiger partial charge in [0.15, 0.2) is 0 Å². The highest BCUT2D eigenvalue weighted by Crippen LogP contribution is 2.33. The molecule has 110 valence electrons. The number of carbonyl (C=O) groups is 1. The molecule has 5 nitrogen and oxygen atoms in total. The number of nitrogens with two attached hydrogens (primary N) is 1. The Labute approximate surface area is 127 Å². The van der Waals surface area contributed by atoms with Crippen molar-refractivity contribution in [3.8, 4) is 0 Å². The van der Waals surface area contributed by atoms with Crippen LogP contribution >= 0.6 is 23.2 Å². The first kappa shape index (κ1) is 15.4. The summed E-state index contributed by atoms with van der Waals surface area (Å²) in [6, 6.07) is 5.12. The maximum absolute atomic E-state index is 11.2. The monoisotopic (exact) mass is 318 g/mol. The van der Waals surface area contributed by atoms with Crippen molar-refractivity contribution in [2.24, 2.45) is 5.73 Å². The van der Waals surface area contributed by atoms with E-state index in [1.165, 1.54) is 4.90 Å². The van der Waals surface area contributed by atoms with Crippen LogP contribution in [-0.4, -0.2) is 42.3 Å². The van der Waals surface area contributed by atoms with Crippen molar-refractivity contribution in [3.05, 3.63) is 33.8 Å². The Hall–Kier alpha value is -1.01. The standard InChI is InChI=1S/C13H16Cl2N2O3/c14-10-3-2-9(6-11(10)15)13(7-16)8-17(12(18)19)4-1-5-20-13/h2-3,6H,1,4-5,7-8,16H2,(H,18,19)/t13-/m0/s1. The topological polar surface area (TPSA) is 75.8 Å². The second-order valence-electron chi connectivity index (χ2n) is 4.73. The van der Waals surface area contributed by atoms with Crippen molar-refractivity contribution in [2.45, 2.75) is 12.0 Å². The molecule has 1 saturated heterocycles. The Balaban J connectivity index is 2.39. The Morgan fingerprint density at radius 1 is 1.45 bits per heavy atom. The first-order chi connectivity index (χ1) is 9.48. The van der Waals surface area contributed by atoms with Crippen LogP contribution in [0, 0.1) is 0 Å². The highest BCUT2D eigenvalue weighted by atomic mass is 35.5. The van der Waals surface area contributed by atoms with Crippen molar-refractivity contribution in [3.63, 3.8) is 0 Å². The Kier molecular flexibility index (Phi) is 4.75. The summed E-state index contributed by atoms with van der Waals surface area (Å²) in [6.07, 6.45) is -0.344. The van der Waals surface area contributed by atoms with Crippen LogP contribution in [-0.2, 0) is 10.3 Å². The van der Waals surface area contributed by atoms with Gasteiger partial charge in [-0.2, -0.15) is 0 Å². The van der Waals surface area contributed by atoms with Gasteiger partial charge in [-0.15, -0.1) is 0 Å². The number of benzene rings is 1. The van der Waals surface area contributed by atoms with E-state index in [1.807, 2.05) is 0 Å². The highest BCUT2D eigenvalue weighted by Gasteiger charge is 2.37. The molecule has 1 amide bonds. The van der Waals surface area contributed by atoms with Crippen LogP contribution < -0.4 is 5.73 Å². The van der Waals surface area contributed by atoms with E-state index in [-0.39, 0.29) is 13.1 Å². The fourth-order valence-corrected chi connectivity index (χ4v) is 2.61. The molecule has 1 aromatic rings. The molecule has 1 aromatic carbocycles. The van der Waals surface area contributed by atoms with Gasteiger partial charge in [-0.05, 0) is 24.1 Å². The number of rotatable bonds is 2. The number of hydrogen-bond acceptors (Lipinski definition) is 3. The van der Waals surface area contributed by atoms with E-state index in [2.05, 4.69) is 0 Å². The molecule has 0 spiro atoms. The maximum Gasteiger partial charge on any atom is 0.407 e. The normalized spacial score (nSPS) is 23.4. The lowest BCUT2D eigenvalue weighted by molar-refractivity contribution is -0.0422. The summed E-state index contributed by atoms with van der Waals surface area (Å²) in [5, 5.41) is 10.1. The van der Waals surface area contributed by atoms with Gasteiger partial charge in [0.25, 0.3) is 0 Å². The average molecular weight is 319 g/mol. The lowest BCUT2D eigenvalue weighted by Crippen LogP contribution is -2.47. The lowest BCUT2D eigenvalue weighted by Gasteiger charge is -2.34. The molecule has 1 fully saturated rings. The zero-order valence-corrected chi connectivity index (χ0v) is 12.3. The van der Waals surface area contributed by atoms with Crippen LogP contribution in [0.5, 0.6) is 0 Å². The molecule has 1 heterocycles. The highest BCUT2D eigenvalue weighted by molar-refractivity contribution is 6.42. The Morgan fingerprint density at radius 3 is 2.80 bits per heavy atom. The van der Waals surface area contributed by atoms with E-state index in [0.29, 0.717) is 29.6 Å². The minimum Gasteiger partial charge on any atom is -0.465 e.